The van der Waals surface area contributed by atoms with Gasteiger partial charge in [0.05, 0.1) is 5.60 Å². The van der Waals surface area contributed by atoms with E-state index in [0.717, 1.165) is 30.4 Å². The van der Waals surface area contributed by atoms with Crippen molar-refractivity contribution in [2.75, 3.05) is 0 Å². The molecule has 0 bridgehead atoms. The highest BCUT2D eigenvalue weighted by Crippen LogP contribution is 2.46. The van der Waals surface area contributed by atoms with Crippen molar-refractivity contribution in [2.45, 2.75) is 52.1 Å². The van der Waals surface area contributed by atoms with Crippen molar-refractivity contribution in [1.82, 2.24) is 0 Å². The topological polar surface area (TPSA) is 20.2 Å². The van der Waals surface area contributed by atoms with Gasteiger partial charge in [0.1, 0.15) is 5.82 Å². The summed E-state index contributed by atoms with van der Waals surface area (Å²) < 4.78 is 13.2. The number of benzene rings is 1. The van der Waals surface area contributed by atoms with Gasteiger partial charge in [0.25, 0.3) is 0 Å². The molecule has 0 heterocycles. The first-order chi connectivity index (χ1) is 8.45. The van der Waals surface area contributed by atoms with Crippen molar-refractivity contribution in [2.24, 2.45) is 11.8 Å². The van der Waals surface area contributed by atoms with Crippen LogP contribution < -0.4 is 0 Å². The molecule has 0 spiro atoms. The van der Waals surface area contributed by atoms with Crippen LogP contribution in [0.25, 0.3) is 0 Å². The number of hydrogen-bond acceptors (Lipinski definition) is 1. The van der Waals surface area contributed by atoms with Gasteiger partial charge in [-0.1, -0.05) is 32.8 Å². The van der Waals surface area contributed by atoms with Crippen LogP contribution in [0.5, 0.6) is 0 Å². The molecule has 2 rings (SSSR count). The first-order valence-electron chi connectivity index (χ1n) is 6.94. The van der Waals surface area contributed by atoms with Gasteiger partial charge >= 0.3 is 0 Å². The van der Waals surface area contributed by atoms with E-state index in [2.05, 4.69) is 13.8 Å². The van der Waals surface area contributed by atoms with Gasteiger partial charge in [0, 0.05) is 0 Å². The zero-order valence-electron chi connectivity index (χ0n) is 11.5. The number of aryl methyl sites for hydroxylation is 1. The molecular weight excluding hydrogens is 227 g/mol. The monoisotopic (exact) mass is 250 g/mol. The predicted molar refractivity (Wildman–Crippen MR) is 71.8 cm³/mol. The van der Waals surface area contributed by atoms with Gasteiger partial charge in [0.2, 0.25) is 0 Å². The molecule has 1 aromatic rings. The Hall–Kier alpha value is -0.890. The van der Waals surface area contributed by atoms with E-state index < -0.39 is 5.60 Å². The first kappa shape index (κ1) is 13.5. The van der Waals surface area contributed by atoms with Crippen LogP contribution in [0.1, 0.15) is 50.7 Å². The normalized spacial score (nSPS) is 28.7. The summed E-state index contributed by atoms with van der Waals surface area (Å²) in [7, 11) is 0. The highest BCUT2D eigenvalue weighted by Gasteiger charge is 2.42. The standard InChI is InChI=1S/C16H23FO/c1-11(2)14-6-4-5-9-16(14,18)15-8-7-13(17)10-12(15)3/h7-8,10-11,14,18H,4-6,9H2,1-3H3. The van der Waals surface area contributed by atoms with E-state index in [0.29, 0.717) is 5.92 Å². The Balaban J connectivity index is 2.43. The Morgan fingerprint density at radius 1 is 1.33 bits per heavy atom. The van der Waals surface area contributed by atoms with Crippen molar-refractivity contribution in [3.05, 3.63) is 35.1 Å². The maximum atomic E-state index is 13.2. The van der Waals surface area contributed by atoms with Gasteiger partial charge in [0.15, 0.2) is 0 Å². The summed E-state index contributed by atoms with van der Waals surface area (Å²) in [5.41, 5.74) is 1.01. The molecule has 1 nitrogen and oxygen atoms in total. The van der Waals surface area contributed by atoms with Crippen LogP contribution in [0.3, 0.4) is 0 Å². The molecule has 0 aliphatic heterocycles. The average Bonchev–Trinajstić information content (AvgIpc) is 2.28. The van der Waals surface area contributed by atoms with Crippen LogP contribution in [0.15, 0.2) is 18.2 Å². The van der Waals surface area contributed by atoms with E-state index in [4.69, 9.17) is 0 Å². The summed E-state index contributed by atoms with van der Waals surface area (Å²) in [6.45, 7) is 6.22. The third-order valence-corrected chi connectivity index (χ3v) is 4.40. The fourth-order valence-electron chi connectivity index (χ4n) is 3.51. The number of halogens is 1. The predicted octanol–water partition coefficient (Wildman–Crippen LogP) is 4.17. The van der Waals surface area contributed by atoms with E-state index in [-0.39, 0.29) is 11.7 Å². The van der Waals surface area contributed by atoms with Gasteiger partial charge in [-0.15, -0.1) is 0 Å². The molecule has 1 N–H and O–H groups in total. The molecule has 2 unspecified atom stereocenters. The molecule has 1 fully saturated rings. The van der Waals surface area contributed by atoms with Crippen molar-refractivity contribution in [1.29, 1.82) is 0 Å². The summed E-state index contributed by atoms with van der Waals surface area (Å²) in [5, 5.41) is 11.1. The SMILES string of the molecule is Cc1cc(F)ccc1C1(O)CCCCC1C(C)C. The molecular formula is C16H23FO. The van der Waals surface area contributed by atoms with E-state index in [1.54, 1.807) is 6.07 Å². The number of aliphatic hydroxyl groups is 1. The zero-order chi connectivity index (χ0) is 13.3. The van der Waals surface area contributed by atoms with Crippen LogP contribution in [0, 0.1) is 24.6 Å². The number of rotatable bonds is 2. The first-order valence-corrected chi connectivity index (χ1v) is 6.94. The minimum Gasteiger partial charge on any atom is -0.385 e. The van der Waals surface area contributed by atoms with E-state index in [9.17, 15) is 9.50 Å². The van der Waals surface area contributed by atoms with Crippen LogP contribution in [0.4, 0.5) is 4.39 Å². The third kappa shape index (κ3) is 2.31. The Kier molecular flexibility index (Phi) is 3.76. The average molecular weight is 250 g/mol. The quantitative estimate of drug-likeness (QED) is 0.835. The largest absolute Gasteiger partial charge is 0.385 e. The molecule has 100 valence electrons. The molecule has 0 aromatic heterocycles. The Morgan fingerprint density at radius 2 is 2.06 bits per heavy atom. The third-order valence-electron chi connectivity index (χ3n) is 4.40. The van der Waals surface area contributed by atoms with Crippen molar-refractivity contribution in [3.8, 4) is 0 Å². The second kappa shape index (κ2) is 5.00. The van der Waals surface area contributed by atoms with Crippen LogP contribution in [-0.4, -0.2) is 5.11 Å². The van der Waals surface area contributed by atoms with Gasteiger partial charge in [-0.25, -0.2) is 4.39 Å². The maximum Gasteiger partial charge on any atom is 0.123 e. The summed E-state index contributed by atoms with van der Waals surface area (Å²) in [6.07, 6.45) is 4.09. The van der Waals surface area contributed by atoms with Gasteiger partial charge < -0.3 is 5.11 Å². The zero-order valence-corrected chi connectivity index (χ0v) is 11.5. The fraction of sp³-hybridized carbons (Fsp3) is 0.625. The van der Waals surface area contributed by atoms with Crippen LogP contribution >= 0.6 is 0 Å². The number of hydrogen-bond donors (Lipinski definition) is 1. The maximum absolute atomic E-state index is 13.2. The molecule has 2 atom stereocenters. The second-order valence-electron chi connectivity index (χ2n) is 5.98. The minimum absolute atomic E-state index is 0.225. The molecule has 0 radical (unpaired) electrons. The minimum atomic E-state index is -0.774. The lowest BCUT2D eigenvalue weighted by atomic mass is 9.66. The molecule has 18 heavy (non-hydrogen) atoms. The molecule has 0 amide bonds. The molecule has 2 heteroatoms. The van der Waals surface area contributed by atoms with Crippen LogP contribution in [-0.2, 0) is 5.60 Å². The Bertz CT molecular complexity index is 427. The fourth-order valence-corrected chi connectivity index (χ4v) is 3.51. The Labute approximate surface area is 109 Å². The van der Waals surface area contributed by atoms with Crippen molar-refractivity contribution < 1.29 is 9.50 Å². The molecule has 1 aliphatic carbocycles. The molecule has 1 saturated carbocycles. The van der Waals surface area contributed by atoms with Crippen molar-refractivity contribution >= 4 is 0 Å². The second-order valence-corrected chi connectivity index (χ2v) is 5.98. The van der Waals surface area contributed by atoms with Gasteiger partial charge in [-0.2, -0.15) is 0 Å². The molecule has 1 aliphatic rings. The van der Waals surface area contributed by atoms with Gasteiger partial charge in [-0.3, -0.25) is 0 Å². The van der Waals surface area contributed by atoms with Crippen molar-refractivity contribution in [3.63, 3.8) is 0 Å². The van der Waals surface area contributed by atoms with E-state index in [1.165, 1.54) is 18.6 Å². The summed E-state index contributed by atoms with van der Waals surface area (Å²) in [6, 6.07) is 4.76. The summed E-state index contributed by atoms with van der Waals surface area (Å²) in [4.78, 5) is 0. The molecule has 0 saturated heterocycles. The summed E-state index contributed by atoms with van der Waals surface area (Å²) in [5.74, 6) is 0.493. The summed E-state index contributed by atoms with van der Waals surface area (Å²) >= 11 is 0. The lowest BCUT2D eigenvalue weighted by Crippen LogP contribution is -2.41. The lowest BCUT2D eigenvalue weighted by Gasteiger charge is -2.43. The lowest BCUT2D eigenvalue weighted by molar-refractivity contribution is -0.0726. The van der Waals surface area contributed by atoms with Gasteiger partial charge in [-0.05, 0) is 54.9 Å². The molecule has 1 aromatic carbocycles. The smallest absolute Gasteiger partial charge is 0.123 e. The van der Waals surface area contributed by atoms with E-state index >= 15 is 0 Å². The highest BCUT2D eigenvalue weighted by atomic mass is 19.1. The highest BCUT2D eigenvalue weighted by molar-refractivity contribution is 5.33. The van der Waals surface area contributed by atoms with E-state index in [1.807, 2.05) is 6.92 Å². The van der Waals surface area contributed by atoms with Crippen LogP contribution in [0.2, 0.25) is 0 Å². The Morgan fingerprint density at radius 3 is 2.67 bits per heavy atom.